The number of imide groups is 1. The first-order chi connectivity index (χ1) is 22.8. The third-order valence-electron chi connectivity index (χ3n) is 10.5. The summed E-state index contributed by atoms with van der Waals surface area (Å²) < 4.78 is 17.2. The molecular weight excluding hydrogens is 600 g/mol. The van der Waals surface area contributed by atoms with Crippen LogP contribution in [0.15, 0.2) is 36.4 Å². The maximum atomic E-state index is 13.8. The molecule has 0 aromatic heterocycles. The van der Waals surface area contributed by atoms with Crippen molar-refractivity contribution in [1.29, 1.82) is 5.26 Å². The summed E-state index contributed by atoms with van der Waals surface area (Å²) in [5.41, 5.74) is 1.39. The van der Waals surface area contributed by atoms with Gasteiger partial charge in [0.1, 0.15) is 23.3 Å². The molecule has 2 aromatic carbocycles. The lowest BCUT2D eigenvalue weighted by Crippen LogP contribution is -2.52. The van der Waals surface area contributed by atoms with Crippen LogP contribution in [0.2, 0.25) is 0 Å². The fourth-order valence-corrected chi connectivity index (χ4v) is 7.85. The van der Waals surface area contributed by atoms with Crippen LogP contribution in [0.1, 0.15) is 79.3 Å². The number of hydrogen-bond donors (Lipinski definition) is 1. The maximum Gasteiger partial charge on any atom is 0.255 e. The van der Waals surface area contributed by atoms with Crippen LogP contribution in [0.4, 0.5) is 0 Å². The molecule has 4 aliphatic rings. The summed E-state index contributed by atoms with van der Waals surface area (Å²) in [6.45, 7) is 2.28. The highest BCUT2D eigenvalue weighted by molar-refractivity contribution is 6.05. The van der Waals surface area contributed by atoms with Crippen LogP contribution in [0.3, 0.4) is 0 Å². The van der Waals surface area contributed by atoms with Crippen molar-refractivity contribution in [2.45, 2.75) is 81.8 Å². The Bertz CT molecular complexity index is 1590. The maximum absolute atomic E-state index is 13.8. The summed E-state index contributed by atoms with van der Waals surface area (Å²) in [4.78, 5) is 54.7. The van der Waals surface area contributed by atoms with Gasteiger partial charge in [0, 0.05) is 35.6 Å². The van der Waals surface area contributed by atoms with Crippen LogP contribution in [0.25, 0.3) is 0 Å². The normalized spacial score (nSPS) is 26.0. The Balaban J connectivity index is 1.02. The molecule has 3 fully saturated rings. The molecule has 0 bridgehead atoms. The van der Waals surface area contributed by atoms with Crippen LogP contribution >= 0.6 is 0 Å². The molecule has 3 heterocycles. The van der Waals surface area contributed by atoms with Gasteiger partial charge < -0.3 is 19.1 Å². The fourth-order valence-electron chi connectivity index (χ4n) is 7.85. The number of carbonyl (C=O) groups is 4. The molecule has 0 radical (unpaired) electrons. The molecule has 2 saturated heterocycles. The highest BCUT2D eigenvalue weighted by Gasteiger charge is 2.44. The van der Waals surface area contributed by atoms with Gasteiger partial charge in [0.15, 0.2) is 5.78 Å². The predicted molar refractivity (Wildman–Crippen MR) is 171 cm³/mol. The highest BCUT2D eigenvalue weighted by atomic mass is 16.5. The van der Waals surface area contributed by atoms with E-state index in [1.807, 2.05) is 24.3 Å². The molecule has 3 aliphatic heterocycles. The van der Waals surface area contributed by atoms with Crippen molar-refractivity contribution < 1.29 is 33.4 Å². The largest absolute Gasteiger partial charge is 0.497 e. The molecule has 2 aromatic rings. The van der Waals surface area contributed by atoms with Gasteiger partial charge in [-0.05, 0) is 88.2 Å². The Morgan fingerprint density at radius 3 is 2.57 bits per heavy atom. The van der Waals surface area contributed by atoms with Gasteiger partial charge in [-0.25, -0.2) is 0 Å². The molecular formula is C36H42N4O7. The van der Waals surface area contributed by atoms with Gasteiger partial charge in [0.2, 0.25) is 11.8 Å². The number of Topliss-reactive ketones (excluding diaryl/α,β-unsaturated/α-hetero) is 1. The Kier molecular flexibility index (Phi) is 9.50. The predicted octanol–water partition coefficient (Wildman–Crippen LogP) is 3.92. The highest BCUT2D eigenvalue weighted by Crippen LogP contribution is 2.46. The lowest BCUT2D eigenvalue weighted by atomic mass is 9.66. The number of ketones is 1. The van der Waals surface area contributed by atoms with Crippen molar-refractivity contribution in [3.8, 4) is 23.3 Å². The SMILES string of the molecule is COc1ccc(OC)c(C2(C#N)CCC(C(=O)[C@@H]3CCCN3CCCOc3cccc4c3CN(C3CCC(=O)NC3=O)C4=O)CC2)c1. The third kappa shape index (κ3) is 6.31. The van der Waals surface area contributed by atoms with E-state index in [2.05, 4.69) is 16.3 Å². The number of fused-ring (bicyclic) bond motifs is 1. The van der Waals surface area contributed by atoms with Crippen molar-refractivity contribution in [3.63, 3.8) is 0 Å². The second-order valence-corrected chi connectivity index (χ2v) is 13.0. The van der Waals surface area contributed by atoms with Gasteiger partial charge in [-0.2, -0.15) is 5.26 Å². The van der Waals surface area contributed by atoms with Crippen LogP contribution in [0.5, 0.6) is 17.2 Å². The summed E-state index contributed by atoms with van der Waals surface area (Å²) >= 11 is 0. The van der Waals surface area contributed by atoms with E-state index >= 15 is 0 Å². The number of nitrogens with one attached hydrogen (secondary N) is 1. The smallest absolute Gasteiger partial charge is 0.255 e. The number of methoxy groups -OCH3 is 2. The number of ether oxygens (including phenoxy) is 3. The zero-order chi connectivity index (χ0) is 33.1. The fraction of sp³-hybridized carbons (Fsp3) is 0.528. The Morgan fingerprint density at radius 1 is 1.04 bits per heavy atom. The van der Waals surface area contributed by atoms with Crippen LogP contribution < -0.4 is 19.5 Å². The number of carbonyl (C=O) groups excluding carboxylic acids is 4. The number of amides is 3. The number of likely N-dealkylation sites (tertiary alicyclic amines) is 1. The Hall–Kier alpha value is -4.43. The van der Waals surface area contributed by atoms with Crippen LogP contribution in [-0.4, -0.2) is 79.3 Å². The molecule has 3 amide bonds. The lowest BCUT2D eigenvalue weighted by Gasteiger charge is -2.37. The second-order valence-electron chi connectivity index (χ2n) is 13.0. The van der Waals surface area contributed by atoms with Gasteiger partial charge in [-0.1, -0.05) is 6.07 Å². The first kappa shape index (κ1) is 32.5. The van der Waals surface area contributed by atoms with Gasteiger partial charge in [-0.15, -0.1) is 0 Å². The van der Waals surface area contributed by atoms with Crippen molar-refractivity contribution in [2.24, 2.45) is 5.92 Å². The lowest BCUT2D eigenvalue weighted by molar-refractivity contribution is -0.137. The van der Waals surface area contributed by atoms with E-state index in [0.717, 1.165) is 43.5 Å². The molecule has 11 nitrogen and oxygen atoms in total. The van der Waals surface area contributed by atoms with Gasteiger partial charge >= 0.3 is 0 Å². The van der Waals surface area contributed by atoms with E-state index in [0.29, 0.717) is 61.5 Å². The van der Waals surface area contributed by atoms with E-state index in [4.69, 9.17) is 14.2 Å². The van der Waals surface area contributed by atoms with E-state index < -0.39 is 17.4 Å². The summed E-state index contributed by atoms with van der Waals surface area (Å²) in [5.74, 6) is 1.19. The summed E-state index contributed by atoms with van der Waals surface area (Å²) in [6.07, 6.45) is 5.56. The molecule has 11 heteroatoms. The number of nitriles is 1. The van der Waals surface area contributed by atoms with Crippen molar-refractivity contribution >= 4 is 23.5 Å². The summed E-state index contributed by atoms with van der Waals surface area (Å²) in [5, 5.41) is 12.7. The van der Waals surface area contributed by atoms with Crippen molar-refractivity contribution in [1.82, 2.24) is 15.1 Å². The molecule has 1 unspecified atom stereocenters. The molecule has 1 aliphatic carbocycles. The first-order valence-electron chi connectivity index (χ1n) is 16.6. The average molecular weight is 643 g/mol. The number of nitrogens with zero attached hydrogens (tertiary/aromatic N) is 3. The number of piperidine rings is 1. The van der Waals surface area contributed by atoms with E-state index in [-0.39, 0.29) is 42.5 Å². The molecule has 47 heavy (non-hydrogen) atoms. The van der Waals surface area contributed by atoms with Gasteiger partial charge in [0.25, 0.3) is 5.91 Å². The number of hydrogen-bond acceptors (Lipinski definition) is 9. The molecule has 6 rings (SSSR count). The zero-order valence-electron chi connectivity index (χ0n) is 27.1. The van der Waals surface area contributed by atoms with Crippen LogP contribution in [0, 0.1) is 17.2 Å². The summed E-state index contributed by atoms with van der Waals surface area (Å²) in [7, 11) is 3.21. The van der Waals surface area contributed by atoms with Crippen molar-refractivity contribution in [2.75, 3.05) is 33.9 Å². The second kappa shape index (κ2) is 13.7. The van der Waals surface area contributed by atoms with Gasteiger partial charge in [-0.3, -0.25) is 29.4 Å². The first-order valence-corrected chi connectivity index (χ1v) is 16.6. The number of rotatable bonds is 11. The monoisotopic (exact) mass is 642 g/mol. The molecule has 1 saturated carbocycles. The Labute approximate surface area is 275 Å². The molecule has 248 valence electrons. The van der Waals surface area contributed by atoms with E-state index in [9.17, 15) is 24.4 Å². The molecule has 2 atom stereocenters. The standard InChI is InChI=1S/C36H42N4O7/c1-45-24-9-11-31(46-2)27(20-24)36(22-37)15-13-23(14-16-36)33(42)28-7-4-17-39(28)18-5-19-47-30-8-3-6-25-26(30)21-40(35(25)44)29-10-12-32(41)38-34(29)43/h3,6,8-9,11,20,23,28-29H,4-5,7,10,12-19,21H2,1-2H3,(H,38,41,43)/t23?,28-,29?,36?/m0/s1. The molecule has 1 N–H and O–H groups in total. The van der Waals surface area contributed by atoms with E-state index in [1.54, 1.807) is 26.4 Å². The molecule has 0 spiro atoms. The van der Waals surface area contributed by atoms with Crippen LogP contribution in [-0.2, 0) is 26.3 Å². The topological polar surface area (TPSA) is 138 Å². The minimum absolute atomic E-state index is 0.0771. The summed E-state index contributed by atoms with van der Waals surface area (Å²) in [6, 6.07) is 12.7. The minimum atomic E-state index is -0.718. The average Bonchev–Trinajstić information content (AvgIpc) is 3.70. The van der Waals surface area contributed by atoms with Gasteiger partial charge in [0.05, 0.1) is 44.9 Å². The number of benzene rings is 2. The third-order valence-corrected chi connectivity index (χ3v) is 10.5. The zero-order valence-corrected chi connectivity index (χ0v) is 27.1. The van der Waals surface area contributed by atoms with Crippen molar-refractivity contribution in [3.05, 3.63) is 53.1 Å². The Morgan fingerprint density at radius 2 is 1.85 bits per heavy atom. The van der Waals surface area contributed by atoms with E-state index in [1.165, 1.54) is 4.90 Å². The minimum Gasteiger partial charge on any atom is -0.497 e. The quantitative estimate of drug-likeness (QED) is 0.286.